The minimum absolute atomic E-state index is 0.121. The number of rotatable bonds is 8. The topological polar surface area (TPSA) is 93.0 Å². The van der Waals surface area contributed by atoms with E-state index in [1.54, 1.807) is 4.90 Å². The molecule has 1 N–H and O–H groups in total. The highest BCUT2D eigenvalue weighted by atomic mass is 32.1. The third kappa shape index (κ3) is 6.47. The molecule has 2 aromatic heterocycles. The van der Waals surface area contributed by atoms with E-state index in [0.717, 1.165) is 10.4 Å². The van der Waals surface area contributed by atoms with Gasteiger partial charge in [0, 0.05) is 11.2 Å². The summed E-state index contributed by atoms with van der Waals surface area (Å²) in [5.74, 6) is 0.229. The minimum Gasteiger partial charge on any atom is -0.350 e. The van der Waals surface area contributed by atoms with Crippen LogP contribution in [0.2, 0.25) is 0 Å². The summed E-state index contributed by atoms with van der Waals surface area (Å²) >= 11 is 1.51. The molecule has 0 aliphatic heterocycles. The number of aromatic nitrogens is 4. The van der Waals surface area contributed by atoms with E-state index in [2.05, 4.69) is 20.7 Å². The van der Waals surface area contributed by atoms with Crippen LogP contribution in [0.15, 0.2) is 41.8 Å². The number of hydrogen-bond donors (Lipinski definition) is 1. The van der Waals surface area contributed by atoms with Gasteiger partial charge in [-0.05, 0) is 68.3 Å². The Morgan fingerprint density at radius 3 is 2.48 bits per heavy atom. The fourth-order valence-corrected chi connectivity index (χ4v) is 4.20. The van der Waals surface area contributed by atoms with Gasteiger partial charge in [0.25, 0.3) is 5.91 Å². The predicted molar refractivity (Wildman–Crippen MR) is 131 cm³/mol. The normalized spacial score (nSPS) is 12.6. The van der Waals surface area contributed by atoms with E-state index in [0.29, 0.717) is 17.9 Å². The molecule has 2 amide bonds. The molecule has 0 unspecified atom stereocenters. The lowest BCUT2D eigenvalue weighted by Gasteiger charge is -2.35. The Bertz CT molecular complexity index is 1080. The number of carbonyl (C=O) groups excluding carboxylic acids is 2. The molecule has 8 nitrogen and oxygen atoms in total. The first-order valence-electron chi connectivity index (χ1n) is 11.1. The number of amides is 2. The molecule has 0 radical (unpaired) electrons. The van der Waals surface area contributed by atoms with Crippen LogP contribution < -0.4 is 10.2 Å². The SMILES string of the molecule is Cc1ccccc1N(C(=O)Cn1nnc(-c2cccs2)n1)[C@H](CC(C)C)C(=O)NC(C)(C)C. The largest absolute Gasteiger partial charge is 0.350 e. The molecular formula is C24H32N6O2S. The lowest BCUT2D eigenvalue weighted by molar-refractivity contribution is -0.128. The van der Waals surface area contributed by atoms with Gasteiger partial charge in [0.1, 0.15) is 12.6 Å². The molecule has 9 heteroatoms. The van der Waals surface area contributed by atoms with E-state index in [1.165, 1.54) is 16.1 Å². The maximum Gasteiger partial charge on any atom is 0.251 e. The number of nitrogens with one attached hydrogen (secondary N) is 1. The first-order valence-corrected chi connectivity index (χ1v) is 11.9. The fourth-order valence-electron chi connectivity index (χ4n) is 3.55. The molecule has 0 aliphatic carbocycles. The molecule has 3 rings (SSSR count). The highest BCUT2D eigenvalue weighted by molar-refractivity contribution is 7.13. The molecule has 0 spiro atoms. The van der Waals surface area contributed by atoms with Crippen LogP contribution in [0.5, 0.6) is 0 Å². The van der Waals surface area contributed by atoms with Crippen LogP contribution in [0.1, 0.15) is 46.6 Å². The number of anilines is 1. The third-order valence-corrected chi connectivity index (χ3v) is 5.79. The van der Waals surface area contributed by atoms with Crippen molar-refractivity contribution in [2.24, 2.45) is 5.92 Å². The van der Waals surface area contributed by atoms with Crippen molar-refractivity contribution in [2.45, 2.75) is 66.1 Å². The van der Waals surface area contributed by atoms with E-state index in [9.17, 15) is 9.59 Å². The van der Waals surface area contributed by atoms with Crippen LogP contribution in [0.4, 0.5) is 5.69 Å². The van der Waals surface area contributed by atoms with E-state index in [4.69, 9.17) is 0 Å². The van der Waals surface area contributed by atoms with Gasteiger partial charge in [-0.1, -0.05) is 38.1 Å². The Hall–Kier alpha value is -3.07. The zero-order chi connectivity index (χ0) is 24.2. The van der Waals surface area contributed by atoms with Gasteiger partial charge in [-0.2, -0.15) is 4.80 Å². The van der Waals surface area contributed by atoms with Crippen molar-refractivity contribution in [1.29, 1.82) is 0 Å². The van der Waals surface area contributed by atoms with Gasteiger partial charge in [-0.25, -0.2) is 0 Å². The Labute approximate surface area is 199 Å². The Kier molecular flexibility index (Phi) is 7.63. The Balaban J connectivity index is 1.96. The quantitative estimate of drug-likeness (QED) is 0.538. The number of hydrogen-bond acceptors (Lipinski definition) is 6. The van der Waals surface area contributed by atoms with Crippen molar-refractivity contribution in [2.75, 3.05) is 4.90 Å². The van der Waals surface area contributed by atoms with Crippen LogP contribution in [0.3, 0.4) is 0 Å². The molecule has 2 heterocycles. The molecule has 3 aromatic rings. The smallest absolute Gasteiger partial charge is 0.251 e. The Morgan fingerprint density at radius 2 is 1.88 bits per heavy atom. The number of carbonyl (C=O) groups is 2. The second-order valence-electron chi connectivity index (χ2n) is 9.56. The molecule has 0 bridgehead atoms. The van der Waals surface area contributed by atoms with Crippen molar-refractivity contribution < 1.29 is 9.59 Å². The molecule has 176 valence electrons. The molecule has 0 aliphatic rings. The summed E-state index contributed by atoms with van der Waals surface area (Å²) in [4.78, 5) is 30.8. The lowest BCUT2D eigenvalue weighted by atomic mass is 9.98. The van der Waals surface area contributed by atoms with Crippen LogP contribution in [0, 0.1) is 12.8 Å². The highest BCUT2D eigenvalue weighted by Crippen LogP contribution is 2.26. The van der Waals surface area contributed by atoms with Gasteiger partial charge < -0.3 is 5.32 Å². The monoisotopic (exact) mass is 468 g/mol. The van der Waals surface area contributed by atoms with Crippen molar-refractivity contribution in [1.82, 2.24) is 25.5 Å². The highest BCUT2D eigenvalue weighted by Gasteiger charge is 2.34. The van der Waals surface area contributed by atoms with Gasteiger partial charge in [-0.15, -0.1) is 21.5 Å². The number of nitrogens with zero attached hydrogens (tertiary/aromatic N) is 5. The number of benzene rings is 1. The average Bonchev–Trinajstić information content (AvgIpc) is 3.39. The van der Waals surface area contributed by atoms with Crippen molar-refractivity contribution in [3.8, 4) is 10.7 Å². The fraction of sp³-hybridized carbons (Fsp3) is 0.458. The number of para-hydroxylation sites is 1. The summed E-state index contributed by atoms with van der Waals surface area (Å²) < 4.78 is 0. The first kappa shape index (κ1) is 24.6. The molecule has 1 aromatic carbocycles. The van der Waals surface area contributed by atoms with Crippen molar-refractivity contribution in [3.05, 3.63) is 47.3 Å². The Morgan fingerprint density at radius 1 is 1.15 bits per heavy atom. The molecule has 33 heavy (non-hydrogen) atoms. The van der Waals surface area contributed by atoms with E-state index in [1.807, 2.05) is 83.3 Å². The lowest BCUT2D eigenvalue weighted by Crippen LogP contribution is -2.55. The molecule has 0 saturated carbocycles. The van der Waals surface area contributed by atoms with Gasteiger partial charge in [0.15, 0.2) is 0 Å². The van der Waals surface area contributed by atoms with Crippen molar-refractivity contribution >= 4 is 28.8 Å². The maximum atomic E-state index is 13.7. The standard InChI is InChI=1S/C24H32N6O2S/c1-16(2)14-19(23(32)25-24(4,5)6)30(18-11-8-7-10-17(18)3)21(31)15-29-27-22(26-28-29)20-12-9-13-33-20/h7-13,16,19H,14-15H2,1-6H3,(H,25,32)/t19-/m1/s1. The molecular weight excluding hydrogens is 436 g/mol. The van der Waals surface area contributed by atoms with E-state index >= 15 is 0 Å². The summed E-state index contributed by atoms with van der Waals surface area (Å²) in [5, 5.41) is 17.5. The van der Waals surface area contributed by atoms with E-state index < -0.39 is 11.6 Å². The van der Waals surface area contributed by atoms with Gasteiger partial charge >= 0.3 is 0 Å². The van der Waals surface area contributed by atoms with Crippen LogP contribution >= 0.6 is 11.3 Å². The zero-order valence-corrected chi connectivity index (χ0v) is 20.9. The summed E-state index contributed by atoms with van der Waals surface area (Å²) in [6, 6.07) is 10.8. The average molecular weight is 469 g/mol. The summed E-state index contributed by atoms with van der Waals surface area (Å²) in [6.45, 7) is 11.7. The van der Waals surface area contributed by atoms with Crippen LogP contribution in [-0.2, 0) is 16.1 Å². The number of thiophene rings is 1. The number of tetrazole rings is 1. The zero-order valence-electron chi connectivity index (χ0n) is 20.1. The summed E-state index contributed by atoms with van der Waals surface area (Å²) in [5.41, 5.74) is 1.19. The molecule has 0 fully saturated rings. The minimum atomic E-state index is -0.668. The second kappa shape index (κ2) is 10.2. The maximum absolute atomic E-state index is 13.7. The van der Waals surface area contributed by atoms with Gasteiger partial charge in [-0.3, -0.25) is 14.5 Å². The van der Waals surface area contributed by atoms with Gasteiger partial charge in [0.05, 0.1) is 4.88 Å². The molecule has 0 saturated heterocycles. The number of aryl methyl sites for hydroxylation is 1. The third-order valence-electron chi connectivity index (χ3n) is 4.92. The van der Waals surface area contributed by atoms with Crippen molar-refractivity contribution in [3.63, 3.8) is 0 Å². The van der Waals surface area contributed by atoms with Crippen LogP contribution in [-0.4, -0.2) is 43.6 Å². The second-order valence-corrected chi connectivity index (χ2v) is 10.5. The summed E-state index contributed by atoms with van der Waals surface area (Å²) in [6.07, 6.45) is 0.521. The predicted octanol–water partition coefficient (Wildman–Crippen LogP) is 4.07. The van der Waals surface area contributed by atoms with Crippen LogP contribution in [0.25, 0.3) is 10.7 Å². The first-order chi connectivity index (χ1) is 15.5. The van der Waals surface area contributed by atoms with Gasteiger partial charge in [0.2, 0.25) is 11.7 Å². The molecule has 1 atom stereocenters. The summed E-state index contributed by atoms with van der Waals surface area (Å²) in [7, 11) is 0. The van der Waals surface area contributed by atoms with E-state index in [-0.39, 0.29) is 24.3 Å².